The standard InChI is InChI=1S/C15H18/c1-2-15(13-9-5-3-6-10-13)14-11-7-4-8-12-14/h2-3,5-7,9-11,14H,4,8,12H2,1H3/b15-2+. The molecule has 78 valence electrons. The Morgan fingerprint density at radius 2 is 2.07 bits per heavy atom. The van der Waals surface area contributed by atoms with E-state index < -0.39 is 0 Å². The van der Waals surface area contributed by atoms with Gasteiger partial charge in [-0.05, 0) is 37.3 Å². The summed E-state index contributed by atoms with van der Waals surface area (Å²) in [7, 11) is 0. The van der Waals surface area contributed by atoms with Crippen LogP contribution in [0.3, 0.4) is 0 Å². The second-order valence-electron chi connectivity index (χ2n) is 4.08. The molecule has 2 rings (SSSR count). The van der Waals surface area contributed by atoms with Gasteiger partial charge >= 0.3 is 0 Å². The van der Waals surface area contributed by atoms with Gasteiger partial charge < -0.3 is 0 Å². The van der Waals surface area contributed by atoms with Gasteiger partial charge in [-0.1, -0.05) is 48.6 Å². The summed E-state index contributed by atoms with van der Waals surface area (Å²) in [5.74, 6) is 0.631. The van der Waals surface area contributed by atoms with Crippen LogP contribution >= 0.6 is 0 Å². The maximum Gasteiger partial charge on any atom is 0.00207 e. The topological polar surface area (TPSA) is 0 Å². The van der Waals surface area contributed by atoms with Gasteiger partial charge in [-0.15, -0.1) is 0 Å². The fourth-order valence-electron chi connectivity index (χ4n) is 2.30. The van der Waals surface area contributed by atoms with Crippen molar-refractivity contribution in [1.29, 1.82) is 0 Å². The van der Waals surface area contributed by atoms with Crippen LogP contribution in [0.25, 0.3) is 5.57 Å². The first-order valence-corrected chi connectivity index (χ1v) is 5.80. The minimum atomic E-state index is 0.631. The van der Waals surface area contributed by atoms with E-state index in [1.165, 1.54) is 30.4 Å². The fourth-order valence-corrected chi connectivity index (χ4v) is 2.30. The van der Waals surface area contributed by atoms with Crippen molar-refractivity contribution < 1.29 is 0 Å². The molecule has 0 nitrogen and oxygen atoms in total. The minimum absolute atomic E-state index is 0.631. The van der Waals surface area contributed by atoms with Crippen LogP contribution in [0.5, 0.6) is 0 Å². The van der Waals surface area contributed by atoms with E-state index in [9.17, 15) is 0 Å². The molecule has 0 heteroatoms. The maximum absolute atomic E-state index is 2.37. The Kier molecular flexibility index (Phi) is 3.39. The molecule has 1 unspecified atom stereocenters. The summed E-state index contributed by atoms with van der Waals surface area (Å²) in [4.78, 5) is 0. The molecular weight excluding hydrogens is 180 g/mol. The molecule has 0 heterocycles. The first-order chi connectivity index (χ1) is 7.42. The highest BCUT2D eigenvalue weighted by Gasteiger charge is 2.13. The Hall–Kier alpha value is -1.30. The van der Waals surface area contributed by atoms with Crippen molar-refractivity contribution >= 4 is 5.57 Å². The average Bonchev–Trinajstić information content (AvgIpc) is 2.33. The Balaban J connectivity index is 2.25. The van der Waals surface area contributed by atoms with Crippen molar-refractivity contribution in [3.05, 3.63) is 54.1 Å². The number of rotatable bonds is 2. The molecule has 0 fully saturated rings. The SMILES string of the molecule is C/C=C(\c1ccccc1)C1C=CCCC1. The average molecular weight is 198 g/mol. The molecule has 0 saturated heterocycles. The zero-order valence-electron chi connectivity index (χ0n) is 9.32. The first kappa shape index (κ1) is 10.2. The lowest BCUT2D eigenvalue weighted by atomic mass is 9.85. The van der Waals surface area contributed by atoms with Crippen molar-refractivity contribution in [3.63, 3.8) is 0 Å². The van der Waals surface area contributed by atoms with Gasteiger partial charge in [-0.25, -0.2) is 0 Å². The van der Waals surface area contributed by atoms with Crippen LogP contribution in [0.15, 0.2) is 48.6 Å². The molecule has 0 N–H and O–H groups in total. The summed E-state index contributed by atoms with van der Waals surface area (Å²) < 4.78 is 0. The third kappa shape index (κ3) is 2.38. The fraction of sp³-hybridized carbons (Fsp3) is 0.333. The van der Waals surface area contributed by atoms with E-state index in [2.05, 4.69) is 55.5 Å². The summed E-state index contributed by atoms with van der Waals surface area (Å²) >= 11 is 0. The van der Waals surface area contributed by atoms with E-state index in [1.807, 2.05) is 0 Å². The second-order valence-corrected chi connectivity index (χ2v) is 4.08. The van der Waals surface area contributed by atoms with Crippen LogP contribution in [-0.2, 0) is 0 Å². The Morgan fingerprint density at radius 3 is 2.67 bits per heavy atom. The van der Waals surface area contributed by atoms with Gasteiger partial charge in [0.25, 0.3) is 0 Å². The van der Waals surface area contributed by atoms with E-state index in [0.717, 1.165) is 0 Å². The molecule has 0 radical (unpaired) electrons. The molecule has 15 heavy (non-hydrogen) atoms. The summed E-state index contributed by atoms with van der Waals surface area (Å²) in [6, 6.07) is 10.7. The highest BCUT2D eigenvalue weighted by Crippen LogP contribution is 2.31. The third-order valence-corrected chi connectivity index (χ3v) is 3.07. The molecule has 1 aromatic carbocycles. The smallest absolute Gasteiger partial charge is 0.00207 e. The van der Waals surface area contributed by atoms with Crippen LogP contribution < -0.4 is 0 Å². The normalized spacial score (nSPS) is 21.7. The van der Waals surface area contributed by atoms with Crippen molar-refractivity contribution in [3.8, 4) is 0 Å². The number of hydrogen-bond donors (Lipinski definition) is 0. The lowest BCUT2D eigenvalue weighted by Gasteiger charge is -2.20. The van der Waals surface area contributed by atoms with Crippen LogP contribution in [0, 0.1) is 5.92 Å². The van der Waals surface area contributed by atoms with Crippen molar-refractivity contribution in [2.24, 2.45) is 5.92 Å². The highest BCUT2D eigenvalue weighted by molar-refractivity contribution is 5.68. The lowest BCUT2D eigenvalue weighted by molar-refractivity contribution is 0.642. The molecule has 0 saturated carbocycles. The Labute approximate surface area is 92.3 Å². The zero-order chi connectivity index (χ0) is 10.5. The monoisotopic (exact) mass is 198 g/mol. The Bertz CT molecular complexity index is 357. The predicted octanol–water partition coefficient (Wildman–Crippen LogP) is 4.45. The van der Waals surface area contributed by atoms with Gasteiger partial charge in [0.05, 0.1) is 0 Å². The summed E-state index contributed by atoms with van der Waals surface area (Å²) in [6.45, 7) is 2.14. The molecule has 1 aliphatic carbocycles. The first-order valence-electron chi connectivity index (χ1n) is 5.80. The maximum atomic E-state index is 2.37. The van der Waals surface area contributed by atoms with E-state index in [0.29, 0.717) is 5.92 Å². The minimum Gasteiger partial charge on any atom is -0.0879 e. The van der Waals surface area contributed by atoms with Gasteiger partial charge in [0.1, 0.15) is 0 Å². The van der Waals surface area contributed by atoms with Gasteiger partial charge in [-0.3, -0.25) is 0 Å². The van der Waals surface area contributed by atoms with Crippen LogP contribution in [-0.4, -0.2) is 0 Å². The van der Waals surface area contributed by atoms with Gasteiger partial charge in [-0.2, -0.15) is 0 Å². The molecule has 1 atom stereocenters. The molecule has 0 aromatic heterocycles. The third-order valence-electron chi connectivity index (χ3n) is 3.07. The van der Waals surface area contributed by atoms with Gasteiger partial charge in [0.2, 0.25) is 0 Å². The highest BCUT2D eigenvalue weighted by atomic mass is 14.2. The summed E-state index contributed by atoms with van der Waals surface area (Å²) in [5, 5.41) is 0. The van der Waals surface area contributed by atoms with E-state index >= 15 is 0 Å². The molecule has 1 aliphatic rings. The largest absolute Gasteiger partial charge is 0.0879 e. The summed E-state index contributed by atoms with van der Waals surface area (Å²) in [6.07, 6.45) is 10.8. The Morgan fingerprint density at radius 1 is 1.27 bits per heavy atom. The molecule has 0 amide bonds. The van der Waals surface area contributed by atoms with Crippen molar-refractivity contribution in [2.75, 3.05) is 0 Å². The molecule has 0 bridgehead atoms. The number of hydrogen-bond acceptors (Lipinski definition) is 0. The molecular formula is C15H18. The van der Waals surface area contributed by atoms with E-state index in [1.54, 1.807) is 0 Å². The van der Waals surface area contributed by atoms with Gasteiger partial charge in [0.15, 0.2) is 0 Å². The van der Waals surface area contributed by atoms with E-state index in [4.69, 9.17) is 0 Å². The molecule has 1 aromatic rings. The van der Waals surface area contributed by atoms with Crippen LogP contribution in [0.1, 0.15) is 31.7 Å². The lowest BCUT2D eigenvalue weighted by Crippen LogP contribution is -2.03. The van der Waals surface area contributed by atoms with E-state index in [-0.39, 0.29) is 0 Å². The second kappa shape index (κ2) is 4.97. The number of benzene rings is 1. The van der Waals surface area contributed by atoms with Crippen LogP contribution in [0.4, 0.5) is 0 Å². The summed E-state index contributed by atoms with van der Waals surface area (Å²) in [5.41, 5.74) is 2.85. The van der Waals surface area contributed by atoms with Gasteiger partial charge in [0, 0.05) is 5.92 Å². The quantitative estimate of drug-likeness (QED) is 0.616. The molecule has 0 aliphatic heterocycles. The van der Waals surface area contributed by atoms with Crippen LogP contribution in [0.2, 0.25) is 0 Å². The van der Waals surface area contributed by atoms with Crippen molar-refractivity contribution in [2.45, 2.75) is 26.2 Å². The molecule has 0 spiro atoms. The van der Waals surface area contributed by atoms with Crippen molar-refractivity contribution in [1.82, 2.24) is 0 Å². The number of allylic oxidation sites excluding steroid dienone is 4. The predicted molar refractivity (Wildman–Crippen MR) is 66.6 cm³/mol. The zero-order valence-corrected chi connectivity index (χ0v) is 9.32.